The molecule has 0 atom stereocenters. The average molecular weight is 563 g/mol. The molecule has 44 heavy (non-hydrogen) atoms. The first-order valence-corrected chi connectivity index (χ1v) is 14.9. The van der Waals surface area contributed by atoms with Gasteiger partial charge in [0.25, 0.3) is 0 Å². The Hall–Kier alpha value is -5.93. The molecule has 0 saturated heterocycles. The predicted molar refractivity (Wildman–Crippen MR) is 184 cm³/mol. The van der Waals surface area contributed by atoms with Crippen LogP contribution in [0.5, 0.6) is 0 Å². The summed E-state index contributed by atoms with van der Waals surface area (Å²) in [7, 11) is 0. The van der Waals surface area contributed by atoms with Crippen molar-refractivity contribution in [1.82, 2.24) is 4.98 Å². The van der Waals surface area contributed by atoms with E-state index in [-0.39, 0.29) is 0 Å². The minimum Gasteiger partial charge on any atom is -0.438 e. The standard InChI is InChI=1S/C41H26N2O/c1-2-11-29(12-3-1)43(40-25-24-36-35-16-8-9-17-39(35)44-41(36)42-40)30-21-18-28(19-22-30)37-26-38-31-13-5-4-10-27(31)20-23-34(38)32-14-6-7-15-33(32)37/h1-26H. The second-order valence-electron chi connectivity index (χ2n) is 11.2. The van der Waals surface area contributed by atoms with Crippen LogP contribution in [0.2, 0.25) is 0 Å². The molecule has 9 aromatic rings. The number of hydrogen-bond donors (Lipinski definition) is 0. The Bertz CT molecular complexity index is 2490. The maximum absolute atomic E-state index is 6.16. The molecule has 9 rings (SSSR count). The first-order chi connectivity index (χ1) is 21.8. The number of hydrogen-bond acceptors (Lipinski definition) is 3. The molecule has 0 N–H and O–H groups in total. The minimum absolute atomic E-state index is 0.635. The Morgan fingerprint density at radius 1 is 0.432 bits per heavy atom. The predicted octanol–water partition coefficient (Wildman–Crippen LogP) is 11.6. The smallest absolute Gasteiger partial charge is 0.229 e. The van der Waals surface area contributed by atoms with Crippen molar-refractivity contribution >= 4 is 71.6 Å². The summed E-state index contributed by atoms with van der Waals surface area (Å²) in [5.74, 6) is 0.804. The van der Waals surface area contributed by atoms with Crippen LogP contribution in [0.15, 0.2) is 162 Å². The zero-order chi connectivity index (χ0) is 29.0. The highest BCUT2D eigenvalue weighted by Crippen LogP contribution is 2.40. The lowest BCUT2D eigenvalue weighted by Gasteiger charge is -2.24. The summed E-state index contributed by atoms with van der Waals surface area (Å²) in [6.07, 6.45) is 0. The molecule has 0 spiro atoms. The number of fused-ring (bicyclic) bond motifs is 8. The third-order valence-corrected chi connectivity index (χ3v) is 8.68. The zero-order valence-corrected chi connectivity index (χ0v) is 23.8. The van der Waals surface area contributed by atoms with Gasteiger partial charge in [0.05, 0.1) is 0 Å². The molecule has 3 heteroatoms. The molecule has 7 aromatic carbocycles. The lowest BCUT2D eigenvalue weighted by Crippen LogP contribution is -2.11. The van der Waals surface area contributed by atoms with Gasteiger partial charge in [-0.2, -0.15) is 4.98 Å². The van der Waals surface area contributed by atoms with Crippen LogP contribution >= 0.6 is 0 Å². The van der Waals surface area contributed by atoms with E-state index < -0.39 is 0 Å². The van der Waals surface area contributed by atoms with Gasteiger partial charge in [-0.05, 0) is 92.0 Å². The first-order valence-electron chi connectivity index (χ1n) is 14.9. The van der Waals surface area contributed by atoms with Gasteiger partial charge in [-0.25, -0.2) is 0 Å². The van der Waals surface area contributed by atoms with Gasteiger partial charge in [0, 0.05) is 22.1 Å². The fourth-order valence-corrected chi connectivity index (χ4v) is 6.60. The molecule has 0 amide bonds. The highest BCUT2D eigenvalue weighted by molar-refractivity contribution is 6.21. The van der Waals surface area contributed by atoms with E-state index in [2.05, 4.69) is 138 Å². The average Bonchev–Trinajstić information content (AvgIpc) is 3.47. The number of rotatable bonds is 4. The van der Waals surface area contributed by atoms with E-state index in [0.717, 1.165) is 33.5 Å². The third-order valence-electron chi connectivity index (χ3n) is 8.68. The number of benzene rings is 7. The SMILES string of the molecule is c1ccc(N(c2ccc(-c3cc4c5ccccc5ccc4c4ccccc34)cc2)c2ccc3c(n2)oc2ccccc23)cc1. The molecule has 0 aliphatic carbocycles. The van der Waals surface area contributed by atoms with E-state index in [1.807, 2.05) is 24.3 Å². The van der Waals surface area contributed by atoms with Crippen LogP contribution < -0.4 is 4.90 Å². The van der Waals surface area contributed by atoms with E-state index in [0.29, 0.717) is 5.71 Å². The molecule has 0 aliphatic rings. The number of furan rings is 1. The number of nitrogens with zero attached hydrogens (tertiary/aromatic N) is 2. The summed E-state index contributed by atoms with van der Waals surface area (Å²) in [5.41, 5.74) is 5.94. The summed E-state index contributed by atoms with van der Waals surface area (Å²) in [6, 6.07) is 55.7. The molecular weight excluding hydrogens is 536 g/mol. The number of aromatic nitrogens is 1. The van der Waals surface area contributed by atoms with Gasteiger partial charge in [0.15, 0.2) is 0 Å². The van der Waals surface area contributed by atoms with E-state index in [1.165, 1.54) is 43.4 Å². The topological polar surface area (TPSA) is 29.3 Å². The fraction of sp³-hybridized carbons (Fsp3) is 0. The summed E-state index contributed by atoms with van der Waals surface area (Å²) in [5, 5.41) is 9.69. The van der Waals surface area contributed by atoms with E-state index in [4.69, 9.17) is 9.40 Å². The lowest BCUT2D eigenvalue weighted by atomic mass is 9.91. The molecule has 0 aliphatic heterocycles. The van der Waals surface area contributed by atoms with E-state index in [9.17, 15) is 0 Å². The van der Waals surface area contributed by atoms with Crippen molar-refractivity contribution in [3.8, 4) is 11.1 Å². The molecule has 0 bridgehead atoms. The van der Waals surface area contributed by atoms with E-state index in [1.54, 1.807) is 0 Å². The summed E-state index contributed by atoms with van der Waals surface area (Å²) < 4.78 is 6.16. The lowest BCUT2D eigenvalue weighted by molar-refractivity contribution is 0.654. The third kappa shape index (κ3) is 3.87. The van der Waals surface area contributed by atoms with Crippen molar-refractivity contribution in [3.63, 3.8) is 0 Å². The van der Waals surface area contributed by atoms with Crippen LogP contribution in [0.25, 0.3) is 65.5 Å². The summed E-state index contributed by atoms with van der Waals surface area (Å²) in [4.78, 5) is 7.19. The molecule has 206 valence electrons. The van der Waals surface area contributed by atoms with Gasteiger partial charge < -0.3 is 4.42 Å². The van der Waals surface area contributed by atoms with Gasteiger partial charge in [0.1, 0.15) is 11.4 Å². The summed E-state index contributed by atoms with van der Waals surface area (Å²) >= 11 is 0. The number of anilines is 3. The quantitative estimate of drug-likeness (QED) is 0.200. The van der Waals surface area contributed by atoms with Crippen molar-refractivity contribution in [2.75, 3.05) is 4.90 Å². The largest absolute Gasteiger partial charge is 0.438 e. The van der Waals surface area contributed by atoms with Crippen LogP contribution in [0.4, 0.5) is 17.2 Å². The van der Waals surface area contributed by atoms with Crippen molar-refractivity contribution in [2.45, 2.75) is 0 Å². The van der Waals surface area contributed by atoms with Crippen molar-refractivity contribution < 1.29 is 4.42 Å². The molecule has 0 radical (unpaired) electrons. The Labute approximate surface area is 254 Å². The van der Waals surface area contributed by atoms with Crippen molar-refractivity contribution in [2.24, 2.45) is 0 Å². The number of pyridine rings is 1. The molecule has 0 fully saturated rings. The van der Waals surface area contributed by atoms with Gasteiger partial charge in [-0.1, -0.05) is 109 Å². The van der Waals surface area contributed by atoms with Crippen LogP contribution in [-0.2, 0) is 0 Å². The molecule has 2 aromatic heterocycles. The second kappa shape index (κ2) is 9.82. The van der Waals surface area contributed by atoms with Gasteiger partial charge in [-0.15, -0.1) is 0 Å². The van der Waals surface area contributed by atoms with Crippen LogP contribution in [0, 0.1) is 0 Å². The van der Waals surface area contributed by atoms with Crippen molar-refractivity contribution in [1.29, 1.82) is 0 Å². The van der Waals surface area contributed by atoms with Crippen LogP contribution in [-0.4, -0.2) is 4.98 Å². The monoisotopic (exact) mass is 562 g/mol. The Balaban J connectivity index is 1.20. The highest BCUT2D eigenvalue weighted by Gasteiger charge is 2.17. The Kier molecular flexibility index (Phi) is 5.50. The van der Waals surface area contributed by atoms with Gasteiger partial charge in [-0.3, -0.25) is 4.90 Å². The number of para-hydroxylation sites is 2. The van der Waals surface area contributed by atoms with Gasteiger partial charge in [0.2, 0.25) is 5.71 Å². The molecule has 2 heterocycles. The maximum atomic E-state index is 6.16. The van der Waals surface area contributed by atoms with E-state index >= 15 is 0 Å². The van der Waals surface area contributed by atoms with Gasteiger partial charge >= 0.3 is 0 Å². The molecular formula is C41H26N2O. The second-order valence-corrected chi connectivity index (χ2v) is 11.2. The summed E-state index contributed by atoms with van der Waals surface area (Å²) in [6.45, 7) is 0. The van der Waals surface area contributed by atoms with Crippen LogP contribution in [0.3, 0.4) is 0 Å². The Morgan fingerprint density at radius 3 is 1.91 bits per heavy atom. The molecule has 3 nitrogen and oxygen atoms in total. The first kappa shape index (κ1) is 24.6. The Morgan fingerprint density at radius 2 is 1.07 bits per heavy atom. The maximum Gasteiger partial charge on any atom is 0.229 e. The molecule has 0 unspecified atom stereocenters. The minimum atomic E-state index is 0.635. The zero-order valence-electron chi connectivity index (χ0n) is 23.8. The molecule has 0 saturated carbocycles. The normalized spacial score (nSPS) is 11.6. The van der Waals surface area contributed by atoms with Crippen molar-refractivity contribution in [3.05, 3.63) is 158 Å². The highest BCUT2D eigenvalue weighted by atomic mass is 16.3. The van der Waals surface area contributed by atoms with Crippen LogP contribution in [0.1, 0.15) is 0 Å². The fourth-order valence-electron chi connectivity index (χ4n) is 6.60.